The van der Waals surface area contributed by atoms with Crippen LogP contribution < -0.4 is 10.6 Å². The molecule has 0 aromatic rings. The van der Waals surface area contributed by atoms with Gasteiger partial charge < -0.3 is 10.6 Å². The summed E-state index contributed by atoms with van der Waals surface area (Å²) in [5, 5.41) is 6.01. The highest BCUT2D eigenvalue weighted by atomic mass is 79.9. The number of halogens is 1. The van der Waals surface area contributed by atoms with E-state index in [1.165, 1.54) is 0 Å². The van der Waals surface area contributed by atoms with Crippen molar-refractivity contribution in [1.29, 1.82) is 0 Å². The van der Waals surface area contributed by atoms with Crippen molar-refractivity contribution in [3.63, 3.8) is 0 Å². The summed E-state index contributed by atoms with van der Waals surface area (Å²) in [4.78, 5) is 0. The third kappa shape index (κ3) is 10.7. The summed E-state index contributed by atoms with van der Waals surface area (Å²) in [6.07, 6.45) is 0. The summed E-state index contributed by atoms with van der Waals surface area (Å²) in [7, 11) is 3.88. The van der Waals surface area contributed by atoms with Crippen LogP contribution in [0.1, 0.15) is 0 Å². The minimum Gasteiger partial charge on any atom is -0.318 e. The van der Waals surface area contributed by atoms with Gasteiger partial charge in [0, 0.05) is 13.1 Å². The molecule has 0 radical (unpaired) electrons. The smallest absolute Gasteiger partial charge is 0.00736 e. The molecule has 3 heteroatoms. The fourth-order valence-electron chi connectivity index (χ4n) is 0.250. The molecule has 0 aliphatic carbocycles. The van der Waals surface area contributed by atoms with Crippen LogP contribution in [0.4, 0.5) is 0 Å². The molecule has 0 saturated heterocycles. The highest BCUT2D eigenvalue weighted by Gasteiger charge is 1.70. The van der Waals surface area contributed by atoms with E-state index in [4.69, 9.17) is 0 Å². The molecule has 0 aromatic carbocycles. The van der Waals surface area contributed by atoms with Crippen LogP contribution in [0.15, 0.2) is 0 Å². The van der Waals surface area contributed by atoms with Crippen LogP contribution in [-0.2, 0) is 0 Å². The van der Waals surface area contributed by atoms with E-state index < -0.39 is 0 Å². The molecule has 0 amide bonds. The number of hydrogen-bond donors (Lipinski definition) is 2. The monoisotopic (exact) mass is 168 g/mol. The van der Waals surface area contributed by atoms with Crippen LogP contribution in [0.2, 0.25) is 0 Å². The maximum absolute atomic E-state index is 3.01. The molecule has 0 fully saturated rings. The molecule has 0 rings (SSSR count). The predicted octanol–water partition coefficient (Wildman–Crippen LogP) is 0.00310. The van der Waals surface area contributed by atoms with E-state index in [9.17, 15) is 0 Å². The van der Waals surface area contributed by atoms with Gasteiger partial charge >= 0.3 is 0 Å². The predicted molar refractivity (Wildman–Crippen MR) is 38.2 cm³/mol. The lowest BCUT2D eigenvalue weighted by atomic mass is 10.6. The first-order valence-electron chi connectivity index (χ1n) is 2.21. The number of likely N-dealkylation sites (N-methyl/N-ethyl adjacent to an activating group) is 2. The van der Waals surface area contributed by atoms with Gasteiger partial charge in [0.15, 0.2) is 0 Å². The number of nitrogens with one attached hydrogen (secondary N) is 2. The van der Waals surface area contributed by atoms with Crippen molar-refractivity contribution in [2.24, 2.45) is 0 Å². The second-order valence-electron chi connectivity index (χ2n) is 1.21. The summed E-state index contributed by atoms with van der Waals surface area (Å²) >= 11 is 0. The topological polar surface area (TPSA) is 24.1 Å². The van der Waals surface area contributed by atoms with Crippen LogP contribution in [0, 0.1) is 0 Å². The Morgan fingerprint density at radius 1 is 1.00 bits per heavy atom. The van der Waals surface area contributed by atoms with Gasteiger partial charge in [-0.2, -0.15) is 0 Å². The molecular formula is C4H13BrN2. The van der Waals surface area contributed by atoms with Crippen LogP contribution >= 0.6 is 17.0 Å². The molecule has 0 aliphatic rings. The Morgan fingerprint density at radius 3 is 1.43 bits per heavy atom. The van der Waals surface area contributed by atoms with Crippen molar-refractivity contribution >= 4 is 17.0 Å². The van der Waals surface area contributed by atoms with E-state index >= 15 is 0 Å². The molecule has 0 aromatic heterocycles. The van der Waals surface area contributed by atoms with Crippen molar-refractivity contribution in [3.8, 4) is 0 Å². The zero-order valence-electron chi connectivity index (χ0n) is 4.82. The van der Waals surface area contributed by atoms with Crippen LogP contribution in [0.3, 0.4) is 0 Å². The highest BCUT2D eigenvalue weighted by Crippen LogP contribution is 1.45. The molecule has 0 heterocycles. The van der Waals surface area contributed by atoms with E-state index in [-0.39, 0.29) is 17.0 Å². The summed E-state index contributed by atoms with van der Waals surface area (Å²) in [6, 6.07) is 0. The summed E-state index contributed by atoms with van der Waals surface area (Å²) < 4.78 is 0. The van der Waals surface area contributed by atoms with Gasteiger partial charge in [-0.1, -0.05) is 0 Å². The SMILES string of the molecule is Br.CNCCNC. The minimum absolute atomic E-state index is 0. The molecular weight excluding hydrogens is 156 g/mol. The molecule has 2 nitrogen and oxygen atoms in total. The quantitative estimate of drug-likeness (QED) is 0.581. The average Bonchev–Trinajstić information content (AvgIpc) is 1.61. The molecule has 0 unspecified atom stereocenters. The van der Waals surface area contributed by atoms with Gasteiger partial charge in [0.05, 0.1) is 0 Å². The van der Waals surface area contributed by atoms with Gasteiger partial charge in [0.2, 0.25) is 0 Å². The fourth-order valence-corrected chi connectivity index (χ4v) is 0.250. The molecule has 0 spiro atoms. The first-order chi connectivity index (χ1) is 2.91. The van der Waals surface area contributed by atoms with E-state index in [0.717, 1.165) is 13.1 Å². The standard InChI is InChI=1S/C4H12N2.BrH/c1-5-3-4-6-2;/h5-6H,3-4H2,1-2H3;1H. The minimum atomic E-state index is 0. The van der Waals surface area contributed by atoms with Crippen LogP contribution in [-0.4, -0.2) is 27.2 Å². The molecule has 46 valence electrons. The molecule has 2 N–H and O–H groups in total. The van der Waals surface area contributed by atoms with Crippen molar-refractivity contribution in [1.82, 2.24) is 10.6 Å². The Balaban J connectivity index is 0. The maximum Gasteiger partial charge on any atom is 0.00736 e. The Hall–Kier alpha value is 0.400. The van der Waals surface area contributed by atoms with E-state index in [1.54, 1.807) is 0 Å². The molecule has 0 bridgehead atoms. The largest absolute Gasteiger partial charge is 0.318 e. The van der Waals surface area contributed by atoms with Gasteiger partial charge in [-0.3, -0.25) is 0 Å². The third-order valence-electron chi connectivity index (χ3n) is 0.625. The van der Waals surface area contributed by atoms with E-state index in [0.29, 0.717) is 0 Å². The second-order valence-corrected chi connectivity index (χ2v) is 1.21. The van der Waals surface area contributed by atoms with Gasteiger partial charge in [-0.15, -0.1) is 17.0 Å². The molecule has 0 saturated carbocycles. The molecule has 0 atom stereocenters. The second kappa shape index (κ2) is 9.64. The summed E-state index contributed by atoms with van der Waals surface area (Å²) in [5.41, 5.74) is 0. The van der Waals surface area contributed by atoms with Crippen molar-refractivity contribution < 1.29 is 0 Å². The Kier molecular flexibility index (Phi) is 14.3. The lowest BCUT2D eigenvalue weighted by Gasteiger charge is -1.92. The zero-order valence-corrected chi connectivity index (χ0v) is 6.54. The zero-order chi connectivity index (χ0) is 4.83. The van der Waals surface area contributed by atoms with E-state index in [1.807, 2.05) is 14.1 Å². The lowest BCUT2D eigenvalue weighted by Crippen LogP contribution is -2.21. The fraction of sp³-hybridized carbons (Fsp3) is 1.00. The molecule has 0 aliphatic heterocycles. The first kappa shape index (κ1) is 10.4. The Bertz CT molecular complexity index is 21.7. The van der Waals surface area contributed by atoms with Crippen molar-refractivity contribution in [2.45, 2.75) is 0 Å². The van der Waals surface area contributed by atoms with Gasteiger partial charge in [-0.05, 0) is 14.1 Å². The van der Waals surface area contributed by atoms with Gasteiger partial charge in [0.1, 0.15) is 0 Å². The van der Waals surface area contributed by atoms with E-state index in [2.05, 4.69) is 10.6 Å². The number of hydrogen-bond acceptors (Lipinski definition) is 2. The molecule has 7 heavy (non-hydrogen) atoms. The van der Waals surface area contributed by atoms with Crippen LogP contribution in [0.5, 0.6) is 0 Å². The normalized spacial score (nSPS) is 7.71. The third-order valence-corrected chi connectivity index (χ3v) is 0.625. The lowest BCUT2D eigenvalue weighted by molar-refractivity contribution is 0.718. The Labute approximate surface area is 55.4 Å². The summed E-state index contributed by atoms with van der Waals surface area (Å²) in [6.45, 7) is 2.10. The summed E-state index contributed by atoms with van der Waals surface area (Å²) in [5.74, 6) is 0. The number of rotatable bonds is 3. The van der Waals surface area contributed by atoms with Gasteiger partial charge in [0.25, 0.3) is 0 Å². The van der Waals surface area contributed by atoms with Gasteiger partial charge in [-0.25, -0.2) is 0 Å². The van der Waals surface area contributed by atoms with Crippen LogP contribution in [0.25, 0.3) is 0 Å². The van der Waals surface area contributed by atoms with Crippen molar-refractivity contribution in [3.05, 3.63) is 0 Å². The maximum atomic E-state index is 3.01. The van der Waals surface area contributed by atoms with Crippen molar-refractivity contribution in [2.75, 3.05) is 27.2 Å². The average molecular weight is 169 g/mol. The first-order valence-corrected chi connectivity index (χ1v) is 2.21. The Morgan fingerprint density at radius 2 is 1.29 bits per heavy atom. The highest BCUT2D eigenvalue weighted by molar-refractivity contribution is 8.93.